The smallest absolute Gasteiger partial charge is 0.343 e. The molecule has 44 heavy (non-hydrogen) atoms. The van der Waals surface area contributed by atoms with Crippen molar-refractivity contribution in [2.75, 3.05) is 19.6 Å². The lowest BCUT2D eigenvalue weighted by atomic mass is 10.2. The third kappa shape index (κ3) is 6.92. The number of nitrogens with zero attached hydrogens (tertiary/aromatic N) is 3. The maximum atomic E-state index is 13.5. The van der Waals surface area contributed by atoms with Crippen molar-refractivity contribution in [1.82, 2.24) is 14.0 Å². The Bertz CT molecular complexity index is 1850. The van der Waals surface area contributed by atoms with E-state index < -0.39 is 44.5 Å². The molecule has 1 N–H and O–H groups in total. The van der Waals surface area contributed by atoms with Gasteiger partial charge in [-0.15, -0.1) is 0 Å². The van der Waals surface area contributed by atoms with E-state index in [1.807, 2.05) is 0 Å². The Balaban J connectivity index is 1.31. The number of carbonyl (C=O) groups is 2. The van der Waals surface area contributed by atoms with Gasteiger partial charge in [-0.3, -0.25) is 4.79 Å². The molecule has 1 heterocycles. The molecule has 0 aliphatic carbocycles. The number of sulfonamides is 2. The van der Waals surface area contributed by atoms with Crippen LogP contribution in [0.25, 0.3) is 0 Å². The van der Waals surface area contributed by atoms with E-state index in [4.69, 9.17) is 4.74 Å². The molecule has 1 amide bonds. The van der Waals surface area contributed by atoms with Gasteiger partial charge >= 0.3 is 5.97 Å². The molecule has 11 nitrogen and oxygen atoms in total. The number of amides is 1. The molecule has 226 valence electrons. The van der Waals surface area contributed by atoms with E-state index in [9.17, 15) is 26.4 Å². The second-order valence-electron chi connectivity index (χ2n) is 9.68. The molecular formula is C31H28N4O7S2. The van der Waals surface area contributed by atoms with Crippen LogP contribution in [-0.2, 0) is 24.8 Å². The highest BCUT2D eigenvalue weighted by Crippen LogP contribution is 2.25. The SMILES string of the molecule is O=C(Oc1ccc(/C=N\NC(=O)[C@H]2CN(S(=O)(=O)c3ccccc3)CCN2S(=O)(=O)c2ccccc2)cc1)c1ccccc1. The van der Waals surface area contributed by atoms with Gasteiger partial charge in [-0.1, -0.05) is 54.6 Å². The zero-order valence-corrected chi connectivity index (χ0v) is 24.9. The molecule has 0 spiro atoms. The third-order valence-electron chi connectivity index (χ3n) is 6.82. The summed E-state index contributed by atoms with van der Waals surface area (Å²) < 4.78 is 61.2. The molecule has 0 unspecified atom stereocenters. The van der Waals surface area contributed by atoms with Gasteiger partial charge in [-0.25, -0.2) is 27.1 Å². The molecule has 0 saturated carbocycles. The molecule has 0 radical (unpaired) electrons. The van der Waals surface area contributed by atoms with E-state index in [0.29, 0.717) is 16.9 Å². The molecule has 1 aliphatic rings. The fourth-order valence-electron chi connectivity index (χ4n) is 4.54. The molecule has 1 saturated heterocycles. The van der Waals surface area contributed by atoms with Gasteiger partial charge in [0.2, 0.25) is 20.0 Å². The van der Waals surface area contributed by atoms with Gasteiger partial charge in [-0.05, 0) is 66.2 Å². The lowest BCUT2D eigenvalue weighted by molar-refractivity contribution is -0.125. The van der Waals surface area contributed by atoms with Crippen molar-refractivity contribution in [3.05, 3.63) is 126 Å². The molecule has 13 heteroatoms. The van der Waals surface area contributed by atoms with Crippen LogP contribution in [0.5, 0.6) is 5.75 Å². The zero-order chi connectivity index (χ0) is 31.2. The van der Waals surface area contributed by atoms with Crippen molar-refractivity contribution in [2.24, 2.45) is 5.10 Å². The summed E-state index contributed by atoms with van der Waals surface area (Å²) in [5, 5.41) is 3.97. The fourth-order valence-corrected chi connectivity index (χ4v) is 7.59. The molecule has 1 fully saturated rings. The molecule has 0 bridgehead atoms. The zero-order valence-electron chi connectivity index (χ0n) is 23.3. The summed E-state index contributed by atoms with van der Waals surface area (Å²) in [6, 6.07) is 28.8. The van der Waals surface area contributed by atoms with Crippen LogP contribution in [0.1, 0.15) is 15.9 Å². The number of hydrogen-bond acceptors (Lipinski definition) is 8. The van der Waals surface area contributed by atoms with E-state index >= 15 is 0 Å². The Morgan fingerprint density at radius 2 is 1.27 bits per heavy atom. The molecular weight excluding hydrogens is 604 g/mol. The minimum absolute atomic E-state index is 0.0197. The largest absolute Gasteiger partial charge is 0.423 e. The van der Waals surface area contributed by atoms with Crippen molar-refractivity contribution < 1.29 is 31.2 Å². The van der Waals surface area contributed by atoms with Gasteiger partial charge in [0.1, 0.15) is 11.8 Å². The second kappa shape index (κ2) is 13.3. The summed E-state index contributed by atoms with van der Waals surface area (Å²) in [5.41, 5.74) is 3.31. The van der Waals surface area contributed by atoms with E-state index in [-0.39, 0.29) is 22.9 Å². The third-order valence-corrected chi connectivity index (χ3v) is 10.6. The van der Waals surface area contributed by atoms with Crippen LogP contribution in [0, 0.1) is 0 Å². The lowest BCUT2D eigenvalue weighted by Gasteiger charge is -2.38. The average Bonchev–Trinajstić information content (AvgIpc) is 3.06. The number of benzene rings is 4. The van der Waals surface area contributed by atoms with Crippen LogP contribution < -0.4 is 10.2 Å². The van der Waals surface area contributed by atoms with Crippen LogP contribution in [-0.4, -0.2) is 69.2 Å². The molecule has 5 rings (SSSR count). The predicted octanol–water partition coefficient (Wildman–Crippen LogP) is 3.12. The number of esters is 1. The van der Waals surface area contributed by atoms with E-state index in [1.165, 1.54) is 30.5 Å². The first-order valence-corrected chi connectivity index (χ1v) is 16.4. The maximum Gasteiger partial charge on any atom is 0.343 e. The predicted molar refractivity (Wildman–Crippen MR) is 163 cm³/mol. The number of rotatable bonds is 9. The Labute approximate surface area is 255 Å². The van der Waals surface area contributed by atoms with Gasteiger partial charge in [0.05, 0.1) is 21.6 Å². The van der Waals surface area contributed by atoms with Crippen molar-refractivity contribution in [3.8, 4) is 5.75 Å². The maximum absolute atomic E-state index is 13.5. The topological polar surface area (TPSA) is 143 Å². The van der Waals surface area contributed by atoms with Crippen LogP contribution in [0.4, 0.5) is 0 Å². The summed E-state index contributed by atoms with van der Waals surface area (Å²) in [4.78, 5) is 25.7. The van der Waals surface area contributed by atoms with Gasteiger partial charge in [0, 0.05) is 19.6 Å². The number of hydrogen-bond donors (Lipinski definition) is 1. The Kier molecular flexibility index (Phi) is 9.30. The van der Waals surface area contributed by atoms with Crippen LogP contribution in [0.3, 0.4) is 0 Å². The molecule has 1 atom stereocenters. The first-order chi connectivity index (χ1) is 21.2. The number of piperazine rings is 1. The highest BCUT2D eigenvalue weighted by Gasteiger charge is 2.43. The van der Waals surface area contributed by atoms with Crippen LogP contribution in [0.2, 0.25) is 0 Å². The quantitative estimate of drug-likeness (QED) is 0.129. The summed E-state index contributed by atoms with van der Waals surface area (Å²) in [5.74, 6) is -1.00. The van der Waals surface area contributed by atoms with Gasteiger partial charge in [-0.2, -0.15) is 13.7 Å². The average molecular weight is 633 g/mol. The summed E-state index contributed by atoms with van der Waals surface area (Å²) >= 11 is 0. The van der Waals surface area contributed by atoms with Crippen LogP contribution >= 0.6 is 0 Å². The number of ether oxygens (including phenoxy) is 1. The normalized spacial score (nSPS) is 16.4. The Hall–Kier alpha value is -4.69. The number of nitrogens with one attached hydrogen (secondary N) is 1. The van der Waals surface area contributed by atoms with E-state index in [0.717, 1.165) is 8.61 Å². The summed E-state index contributed by atoms with van der Waals surface area (Å²) in [6.07, 6.45) is 1.33. The highest BCUT2D eigenvalue weighted by molar-refractivity contribution is 7.89. The standard InChI is InChI=1S/C31H28N4O7S2/c36-30(33-32-22-24-16-18-26(19-17-24)42-31(37)25-10-4-1-5-11-25)29-23-34(43(38,39)27-12-6-2-7-13-27)20-21-35(29)44(40,41)28-14-8-3-9-15-28/h1-19,22,29H,20-21,23H2,(H,33,36)/b32-22-/t29-/m1/s1. The first-order valence-electron chi connectivity index (χ1n) is 13.5. The minimum atomic E-state index is -4.14. The second-order valence-corrected chi connectivity index (χ2v) is 13.5. The van der Waals surface area contributed by atoms with Crippen molar-refractivity contribution >= 4 is 38.1 Å². The Morgan fingerprint density at radius 1 is 0.727 bits per heavy atom. The molecule has 4 aromatic rings. The van der Waals surface area contributed by atoms with E-state index in [2.05, 4.69) is 10.5 Å². The molecule has 0 aromatic heterocycles. The number of hydrazone groups is 1. The van der Waals surface area contributed by atoms with Gasteiger partial charge in [0.15, 0.2) is 0 Å². The summed E-state index contributed by atoms with van der Waals surface area (Å²) in [6.45, 7) is -0.794. The fraction of sp³-hybridized carbons (Fsp3) is 0.129. The molecule has 4 aromatic carbocycles. The van der Waals surface area contributed by atoms with Crippen molar-refractivity contribution in [3.63, 3.8) is 0 Å². The van der Waals surface area contributed by atoms with Gasteiger partial charge < -0.3 is 4.74 Å². The van der Waals surface area contributed by atoms with Crippen molar-refractivity contribution in [2.45, 2.75) is 15.8 Å². The van der Waals surface area contributed by atoms with Crippen molar-refractivity contribution in [1.29, 1.82) is 0 Å². The van der Waals surface area contributed by atoms with Crippen LogP contribution in [0.15, 0.2) is 130 Å². The first kappa shape index (κ1) is 30.8. The summed E-state index contributed by atoms with van der Waals surface area (Å²) in [7, 11) is -8.14. The molecule has 1 aliphatic heterocycles. The minimum Gasteiger partial charge on any atom is -0.423 e. The number of carbonyl (C=O) groups excluding carboxylic acids is 2. The lowest BCUT2D eigenvalue weighted by Crippen LogP contribution is -2.60. The van der Waals surface area contributed by atoms with E-state index in [1.54, 1.807) is 91.0 Å². The highest BCUT2D eigenvalue weighted by atomic mass is 32.2. The van der Waals surface area contributed by atoms with Gasteiger partial charge in [0.25, 0.3) is 5.91 Å². The monoisotopic (exact) mass is 632 g/mol. The Morgan fingerprint density at radius 3 is 1.86 bits per heavy atom.